The fourth-order valence-electron chi connectivity index (χ4n) is 3.06. The first kappa shape index (κ1) is 29.5. The molecule has 0 unspecified atom stereocenters. The van der Waals surface area contributed by atoms with E-state index in [4.69, 9.17) is 4.74 Å². The summed E-state index contributed by atoms with van der Waals surface area (Å²) in [6.07, 6.45) is 0.464. The molecule has 0 bridgehead atoms. The Bertz CT molecular complexity index is 617. The highest BCUT2D eigenvalue weighted by molar-refractivity contribution is 14.0. The highest BCUT2D eigenvalue weighted by Crippen LogP contribution is 2.13. The number of likely N-dealkylation sites (N-methyl/N-ethyl adjacent to an activating group) is 1. The lowest BCUT2D eigenvalue weighted by Gasteiger charge is -2.19. The van der Waals surface area contributed by atoms with Crippen LogP contribution in [0, 0.1) is 0 Å². The predicted molar refractivity (Wildman–Crippen MR) is 141 cm³/mol. The lowest BCUT2D eigenvalue weighted by atomic mass is 10.2. The van der Waals surface area contributed by atoms with Crippen LogP contribution in [0.5, 0.6) is 5.75 Å². The van der Waals surface area contributed by atoms with Gasteiger partial charge in [-0.2, -0.15) is 0 Å². The van der Waals surface area contributed by atoms with E-state index >= 15 is 0 Å². The van der Waals surface area contributed by atoms with E-state index in [1.54, 1.807) is 0 Å². The van der Waals surface area contributed by atoms with Crippen molar-refractivity contribution in [1.29, 1.82) is 0 Å². The molecule has 0 aliphatic carbocycles. The molecule has 1 rings (SSSR count). The molecule has 0 radical (unpaired) electrons. The summed E-state index contributed by atoms with van der Waals surface area (Å²) in [5.41, 5.74) is 1.11. The van der Waals surface area contributed by atoms with E-state index in [2.05, 4.69) is 34.4 Å². The Morgan fingerprint density at radius 2 is 1.61 bits per heavy atom. The Balaban J connectivity index is 0.00000900. The molecule has 1 aromatic carbocycles. The standard InChI is InChI=1S/C23H41N5O2.HI/c1-6-24-23(25-16-15-22(29)28(9-4)10-5)26-19-20-11-13-21(14-12-20)30-18-17-27(7-2)8-3;/h11-14H,6-10,15-19H2,1-5H3,(H2,24,25,26);1H. The van der Waals surface area contributed by atoms with Crippen LogP contribution in [0.25, 0.3) is 0 Å². The van der Waals surface area contributed by atoms with Gasteiger partial charge in [-0.05, 0) is 51.6 Å². The van der Waals surface area contributed by atoms with Crippen LogP contribution in [0.15, 0.2) is 29.3 Å². The number of rotatable bonds is 14. The van der Waals surface area contributed by atoms with Gasteiger partial charge in [0.1, 0.15) is 12.4 Å². The zero-order valence-corrected chi connectivity index (χ0v) is 22.3. The van der Waals surface area contributed by atoms with Crippen molar-refractivity contribution in [3.63, 3.8) is 0 Å². The second kappa shape index (κ2) is 18.1. The van der Waals surface area contributed by atoms with Gasteiger partial charge in [0.25, 0.3) is 0 Å². The van der Waals surface area contributed by atoms with Crippen molar-refractivity contribution in [3.05, 3.63) is 29.8 Å². The third-order valence-corrected chi connectivity index (χ3v) is 5.01. The Morgan fingerprint density at radius 3 is 2.16 bits per heavy atom. The lowest BCUT2D eigenvalue weighted by Crippen LogP contribution is -2.40. The summed E-state index contributed by atoms with van der Waals surface area (Å²) in [6, 6.07) is 8.08. The van der Waals surface area contributed by atoms with E-state index in [1.165, 1.54) is 0 Å². The average Bonchev–Trinajstić information content (AvgIpc) is 2.76. The maximum Gasteiger partial charge on any atom is 0.224 e. The van der Waals surface area contributed by atoms with Crippen LogP contribution in [0.1, 0.15) is 46.6 Å². The number of carbonyl (C=O) groups excluding carboxylic acids is 1. The van der Waals surface area contributed by atoms with Gasteiger partial charge >= 0.3 is 0 Å². The zero-order chi connectivity index (χ0) is 22.2. The lowest BCUT2D eigenvalue weighted by molar-refractivity contribution is -0.130. The first-order valence-electron chi connectivity index (χ1n) is 11.3. The second-order valence-corrected chi connectivity index (χ2v) is 6.96. The fraction of sp³-hybridized carbons (Fsp3) is 0.652. The number of benzene rings is 1. The van der Waals surface area contributed by atoms with E-state index in [1.807, 2.05) is 49.9 Å². The van der Waals surface area contributed by atoms with Gasteiger partial charge in [0.2, 0.25) is 5.91 Å². The third kappa shape index (κ3) is 12.2. The summed E-state index contributed by atoms with van der Waals surface area (Å²) in [5, 5.41) is 6.48. The zero-order valence-electron chi connectivity index (χ0n) is 19.9. The van der Waals surface area contributed by atoms with E-state index in [9.17, 15) is 4.79 Å². The minimum absolute atomic E-state index is 0. The fourth-order valence-corrected chi connectivity index (χ4v) is 3.06. The van der Waals surface area contributed by atoms with Gasteiger partial charge in [0.05, 0.1) is 6.54 Å². The van der Waals surface area contributed by atoms with Crippen molar-refractivity contribution in [2.75, 3.05) is 52.4 Å². The molecule has 31 heavy (non-hydrogen) atoms. The summed E-state index contributed by atoms with van der Waals surface area (Å²) in [7, 11) is 0. The quantitative estimate of drug-likeness (QED) is 0.213. The Labute approximate surface area is 206 Å². The SMILES string of the molecule is CCNC(=NCc1ccc(OCCN(CC)CC)cc1)NCCC(=O)N(CC)CC.I. The number of hydrogen-bond acceptors (Lipinski definition) is 4. The molecule has 0 saturated heterocycles. The van der Waals surface area contributed by atoms with Gasteiger partial charge in [-0.1, -0.05) is 26.0 Å². The van der Waals surface area contributed by atoms with Crippen molar-refractivity contribution >= 4 is 35.8 Å². The molecule has 2 N–H and O–H groups in total. The molecule has 0 aliphatic rings. The van der Waals surface area contributed by atoms with Crippen molar-refractivity contribution in [2.24, 2.45) is 4.99 Å². The monoisotopic (exact) mass is 547 g/mol. The molecule has 0 aliphatic heterocycles. The molecule has 7 nitrogen and oxygen atoms in total. The van der Waals surface area contributed by atoms with Gasteiger partial charge in [-0.25, -0.2) is 4.99 Å². The van der Waals surface area contributed by atoms with Crippen LogP contribution in [0.2, 0.25) is 0 Å². The van der Waals surface area contributed by atoms with Crippen molar-refractivity contribution in [3.8, 4) is 5.75 Å². The van der Waals surface area contributed by atoms with Gasteiger partial charge in [0.15, 0.2) is 5.96 Å². The minimum Gasteiger partial charge on any atom is -0.492 e. The first-order chi connectivity index (χ1) is 14.6. The van der Waals surface area contributed by atoms with Crippen molar-refractivity contribution < 1.29 is 9.53 Å². The summed E-state index contributed by atoms with van der Waals surface area (Å²) in [6.45, 7) is 17.5. The van der Waals surface area contributed by atoms with Crippen LogP contribution in [0.3, 0.4) is 0 Å². The van der Waals surface area contributed by atoms with Gasteiger partial charge in [-0.3, -0.25) is 4.79 Å². The number of amides is 1. The molecule has 1 amide bonds. The molecule has 178 valence electrons. The van der Waals surface area contributed by atoms with Crippen molar-refractivity contribution in [1.82, 2.24) is 20.4 Å². The number of carbonyl (C=O) groups is 1. The maximum absolute atomic E-state index is 12.1. The topological polar surface area (TPSA) is 69.2 Å². The molecular weight excluding hydrogens is 505 g/mol. The van der Waals surface area contributed by atoms with Crippen LogP contribution >= 0.6 is 24.0 Å². The number of nitrogens with one attached hydrogen (secondary N) is 2. The average molecular weight is 548 g/mol. The predicted octanol–water partition coefficient (Wildman–Crippen LogP) is 3.34. The van der Waals surface area contributed by atoms with Crippen LogP contribution < -0.4 is 15.4 Å². The number of nitrogens with zero attached hydrogens (tertiary/aromatic N) is 3. The Hall–Kier alpha value is -1.55. The summed E-state index contributed by atoms with van der Waals surface area (Å²) >= 11 is 0. The van der Waals surface area contributed by atoms with Crippen LogP contribution in [-0.2, 0) is 11.3 Å². The molecule has 0 spiro atoms. The molecule has 0 atom stereocenters. The molecule has 0 fully saturated rings. The number of ether oxygens (including phenoxy) is 1. The third-order valence-electron chi connectivity index (χ3n) is 5.01. The molecule has 1 aromatic rings. The highest BCUT2D eigenvalue weighted by Gasteiger charge is 2.09. The second-order valence-electron chi connectivity index (χ2n) is 6.96. The number of halogens is 1. The summed E-state index contributed by atoms with van der Waals surface area (Å²) in [4.78, 5) is 20.9. The summed E-state index contributed by atoms with van der Waals surface area (Å²) in [5.74, 6) is 1.78. The molecular formula is C23H42IN5O2. The molecule has 0 heterocycles. The molecule has 0 saturated carbocycles. The maximum atomic E-state index is 12.1. The highest BCUT2D eigenvalue weighted by atomic mass is 127. The number of aliphatic imine (C=N–C) groups is 1. The summed E-state index contributed by atoms with van der Waals surface area (Å²) < 4.78 is 5.83. The largest absolute Gasteiger partial charge is 0.492 e. The molecule has 8 heteroatoms. The van der Waals surface area contributed by atoms with Gasteiger partial charge in [-0.15, -0.1) is 24.0 Å². The number of hydrogen-bond donors (Lipinski definition) is 2. The Morgan fingerprint density at radius 1 is 0.968 bits per heavy atom. The Kier molecular flexibility index (Phi) is 17.2. The van der Waals surface area contributed by atoms with Crippen molar-refractivity contribution in [2.45, 2.75) is 47.6 Å². The smallest absolute Gasteiger partial charge is 0.224 e. The van der Waals surface area contributed by atoms with Gasteiger partial charge in [0, 0.05) is 39.1 Å². The normalized spacial score (nSPS) is 11.1. The van der Waals surface area contributed by atoms with E-state index in [0.717, 1.165) is 56.5 Å². The van der Waals surface area contributed by atoms with E-state index in [-0.39, 0.29) is 29.9 Å². The van der Waals surface area contributed by atoms with Gasteiger partial charge < -0.3 is 25.2 Å². The van der Waals surface area contributed by atoms with E-state index in [0.29, 0.717) is 26.1 Å². The van der Waals surface area contributed by atoms with E-state index < -0.39 is 0 Å². The van der Waals surface area contributed by atoms with Crippen LogP contribution in [0.4, 0.5) is 0 Å². The number of guanidine groups is 1. The minimum atomic E-state index is 0. The van der Waals surface area contributed by atoms with Crippen LogP contribution in [-0.4, -0.2) is 74.1 Å². The first-order valence-corrected chi connectivity index (χ1v) is 11.3. The molecule has 0 aromatic heterocycles.